The number of carbonyl (C=O) groups excluding carboxylic acids is 10. The Morgan fingerprint density at radius 2 is 0.603 bits per heavy atom. The largest absolute Gasteiger partial charge is 0.491 e. The summed E-state index contributed by atoms with van der Waals surface area (Å²) >= 11 is 0. The molecule has 8 aromatic carbocycles. The summed E-state index contributed by atoms with van der Waals surface area (Å²) in [4.78, 5) is 163. The van der Waals surface area contributed by atoms with E-state index in [0.29, 0.717) is 154 Å². The van der Waals surface area contributed by atoms with Crippen LogP contribution in [0.1, 0.15) is 220 Å². The second-order valence-corrected chi connectivity index (χ2v) is 29.8. The molecule has 728 valence electrons. The summed E-state index contributed by atoms with van der Waals surface area (Å²) in [6, 6.07) is 33.6. The van der Waals surface area contributed by atoms with E-state index in [1.165, 1.54) is 124 Å². The highest BCUT2D eigenvalue weighted by Crippen LogP contribution is 2.37. The molecule has 8 rings (SSSR count). The topological polar surface area (TPSA) is 684 Å². The number of anilines is 5. The molecule has 136 heavy (non-hydrogen) atoms. The molecule has 0 aliphatic rings. The third-order valence-corrected chi connectivity index (χ3v) is 18.8. The maximum Gasteiger partial charge on any atom is 0.337 e. The van der Waals surface area contributed by atoms with E-state index in [1.54, 1.807) is 43.3 Å². The van der Waals surface area contributed by atoms with Crippen LogP contribution in [0.5, 0.6) is 46.0 Å². The molecule has 20 N–H and O–H groups in total. The number of carbonyl (C=O) groups is 11. The summed E-state index contributed by atoms with van der Waals surface area (Å²) in [5.41, 5.74) is 35.2. The molecule has 0 bridgehead atoms. The predicted octanol–water partition coefficient (Wildman–Crippen LogP) is 13.4. The summed E-state index contributed by atoms with van der Waals surface area (Å²) in [5, 5.41) is 70.9. The number of nitrogens with two attached hydrogens (primary N) is 6. The first-order valence-corrected chi connectivity index (χ1v) is 43.0. The van der Waals surface area contributed by atoms with Crippen LogP contribution in [0.15, 0.2) is 146 Å². The van der Waals surface area contributed by atoms with Gasteiger partial charge in [-0.3, -0.25) is 78.9 Å². The number of carboxylic acid groups (broad SMARTS) is 1. The SMILES string of the molecule is CC(=N)CCCCOc1cc(C(N)=O)ccc1NC(=O)c1ccc([N+](=O)[O-])c(OCCCCC(=N)N)c1.CC(=O)CCCOc1cc(C(N)=O)ccc1NC(=O)c1ccc([N+](=O)[O-])c(OCCCC(=O)O)c1.CCCCOc1cc(C(=O)OC)ccc1NC(=O)c1ccc(NC(C)=O)c(OCCCN)c1.CCCCOc1cc(C(N)=O)ccc1NC(=O)c1ccc([N+](=O)[O-])c(OCCCN)c1. The molecular weight excluding hydrogens is 1770 g/mol. The van der Waals surface area contributed by atoms with Crippen molar-refractivity contribution in [3.05, 3.63) is 220 Å². The number of benzene rings is 8. The minimum atomic E-state index is -1.03. The Morgan fingerprint density at radius 1 is 0.338 bits per heavy atom. The first-order chi connectivity index (χ1) is 64.9. The molecule has 0 fully saturated rings. The Balaban J connectivity index is 0.000000321. The normalized spacial score (nSPS) is 10.4. The standard InChI is InChI=1S/C25H32N6O6.C24H31N3O6.C23H25N3O9.C21H26N4O6/c1-16(26)6-2-4-12-36-21-14-17(24(29)32)8-10-19(21)30-25(33)18-9-11-20(31(34)35)22(15-18)37-13-5-3-7-23(27)28;1-4-5-12-32-22-15-18(24(30)31-3)8-10-20(22)27-23(29)17-7-9-19(26-16(2)28)21(14-17)33-13-6-11-25;1-14(27)4-2-10-34-19-12-15(22(24)30)6-8-17(19)25-23(31)16-7-9-18(26(32)33)20(13-16)35-11-3-5-21(28)29;1-2-3-10-30-18-12-14(20(23)26)5-7-16(18)24-21(27)15-6-8-17(25(28)29)19(13-15)31-11-4-9-22/h8-11,14-15,26H,2-7,12-13H2,1H3,(H3,27,28)(H2,29,32)(H,30,33);7-10,14-15H,4-6,11-13,25H2,1-3H3,(H,26,28)(H,27,29);6-9,12-13H,2-5,10-11H2,1H3,(H2,24,30)(H,25,31)(H,28,29);5-8,12-13H,2-4,9-11,22H2,1H3,(H2,23,26)(H,24,27). The van der Waals surface area contributed by atoms with Gasteiger partial charge >= 0.3 is 29.0 Å². The minimum absolute atomic E-state index is 0.00725. The lowest BCUT2D eigenvalue weighted by Crippen LogP contribution is -2.15. The summed E-state index contributed by atoms with van der Waals surface area (Å²) in [5.74, 6) is -4.64. The summed E-state index contributed by atoms with van der Waals surface area (Å²) in [6.45, 7) is 11.3. The summed E-state index contributed by atoms with van der Waals surface area (Å²) in [7, 11) is 1.30. The average molecular weight is 1890 g/mol. The molecule has 0 spiro atoms. The van der Waals surface area contributed by atoms with Gasteiger partial charge in [0.2, 0.25) is 23.6 Å². The van der Waals surface area contributed by atoms with Gasteiger partial charge in [-0.05, 0) is 207 Å². The number of hydrogen-bond donors (Lipinski definition) is 14. The van der Waals surface area contributed by atoms with E-state index in [1.807, 2.05) is 13.8 Å². The third-order valence-electron chi connectivity index (χ3n) is 18.8. The average Bonchev–Trinajstić information content (AvgIpc) is 0.832. The molecule has 8 aromatic rings. The Morgan fingerprint density at radius 3 is 0.890 bits per heavy atom. The number of nitro groups is 3. The number of aliphatic carboxylic acids is 1. The Labute approximate surface area is 782 Å². The Bertz CT molecular complexity index is 5560. The van der Waals surface area contributed by atoms with Crippen LogP contribution in [0, 0.1) is 41.2 Å². The zero-order valence-corrected chi connectivity index (χ0v) is 76.1. The van der Waals surface area contributed by atoms with E-state index >= 15 is 0 Å². The van der Waals surface area contributed by atoms with Crippen LogP contribution < -0.4 is 98.9 Å². The van der Waals surface area contributed by atoms with E-state index in [4.69, 9.17) is 93.0 Å². The molecule has 0 saturated carbocycles. The number of nitrogens with zero attached hydrogens (tertiary/aromatic N) is 3. The van der Waals surface area contributed by atoms with Gasteiger partial charge in [-0.15, -0.1) is 0 Å². The van der Waals surface area contributed by atoms with Crippen LogP contribution in [-0.4, -0.2) is 169 Å². The Hall–Kier alpha value is -16.2. The quantitative estimate of drug-likeness (QED) is 0.00420. The number of ether oxygens (including phenoxy) is 9. The number of ketones is 1. The van der Waals surface area contributed by atoms with Crippen molar-refractivity contribution in [2.45, 2.75) is 137 Å². The van der Waals surface area contributed by atoms with Gasteiger partial charge in [0.15, 0.2) is 17.2 Å². The molecule has 0 aliphatic heterocycles. The van der Waals surface area contributed by atoms with E-state index in [9.17, 15) is 83.1 Å². The highest BCUT2D eigenvalue weighted by atomic mass is 16.6. The van der Waals surface area contributed by atoms with Crippen LogP contribution in [0.3, 0.4) is 0 Å². The number of amidine groups is 1. The minimum Gasteiger partial charge on any atom is -0.491 e. The molecule has 43 nitrogen and oxygen atoms in total. The van der Waals surface area contributed by atoms with E-state index < -0.39 is 68.1 Å². The van der Waals surface area contributed by atoms with Gasteiger partial charge in [0.05, 0.1) is 115 Å². The molecule has 43 heteroatoms. The second kappa shape index (κ2) is 58.5. The van der Waals surface area contributed by atoms with Crippen LogP contribution in [0.2, 0.25) is 0 Å². The van der Waals surface area contributed by atoms with Crippen molar-refractivity contribution < 1.29 is 115 Å². The first-order valence-electron chi connectivity index (χ1n) is 43.0. The first kappa shape index (κ1) is 110. The fourth-order valence-electron chi connectivity index (χ4n) is 11.7. The van der Waals surface area contributed by atoms with Gasteiger partial charge in [0, 0.05) is 107 Å². The lowest BCUT2D eigenvalue weighted by atomic mass is 10.1. The van der Waals surface area contributed by atoms with Gasteiger partial charge in [0.25, 0.3) is 23.6 Å². The number of esters is 1. The number of amides is 8. The van der Waals surface area contributed by atoms with Gasteiger partial charge in [-0.25, -0.2) is 4.79 Å². The third kappa shape index (κ3) is 38.7. The lowest BCUT2D eigenvalue weighted by Gasteiger charge is -2.15. The molecule has 0 radical (unpaired) electrons. The van der Waals surface area contributed by atoms with Gasteiger partial charge < -0.3 is 119 Å². The van der Waals surface area contributed by atoms with Gasteiger partial charge in [-0.2, -0.15) is 0 Å². The fraction of sp³-hybridized carbons (Fsp3) is 0.344. The highest BCUT2D eigenvalue weighted by Gasteiger charge is 2.26. The maximum atomic E-state index is 13.0. The molecule has 0 saturated heterocycles. The highest BCUT2D eigenvalue weighted by molar-refractivity contribution is 6.09. The lowest BCUT2D eigenvalue weighted by molar-refractivity contribution is -0.386. The summed E-state index contributed by atoms with van der Waals surface area (Å²) < 4.78 is 49.7. The van der Waals surface area contributed by atoms with Crippen LogP contribution in [-0.2, 0) is 19.1 Å². The van der Waals surface area contributed by atoms with Gasteiger partial charge in [0.1, 0.15) is 34.5 Å². The molecule has 0 aromatic heterocycles. The van der Waals surface area contributed by atoms with Crippen LogP contribution in [0.4, 0.5) is 45.5 Å². The molecular formula is C93H114N16O27. The Kier molecular flexibility index (Phi) is 47.5. The van der Waals surface area contributed by atoms with Crippen molar-refractivity contribution in [2.24, 2.45) is 34.4 Å². The van der Waals surface area contributed by atoms with Crippen LogP contribution >= 0.6 is 0 Å². The predicted molar refractivity (Wildman–Crippen MR) is 505 cm³/mol. The number of rotatable bonds is 54. The zero-order chi connectivity index (χ0) is 100. The molecule has 8 amide bonds. The number of hydrogen-bond acceptors (Lipinski definition) is 30. The van der Waals surface area contributed by atoms with Crippen molar-refractivity contribution in [1.82, 2.24) is 0 Å². The van der Waals surface area contributed by atoms with E-state index in [0.717, 1.165) is 38.2 Å². The van der Waals surface area contributed by atoms with Crippen molar-refractivity contribution in [2.75, 3.05) is 99.6 Å². The number of carboxylic acids is 1. The van der Waals surface area contributed by atoms with E-state index in [2.05, 4.69) is 26.6 Å². The molecule has 0 heterocycles. The van der Waals surface area contributed by atoms with E-state index in [-0.39, 0.29) is 142 Å². The number of unbranched alkanes of at least 4 members (excludes halogenated alkanes) is 4. The fourth-order valence-corrected chi connectivity index (χ4v) is 11.7. The van der Waals surface area contributed by atoms with Crippen molar-refractivity contribution >= 4 is 122 Å². The van der Waals surface area contributed by atoms with Crippen LogP contribution in [0.25, 0.3) is 0 Å². The summed E-state index contributed by atoms with van der Waals surface area (Å²) in [6.07, 6.45) is 8.86. The smallest absolute Gasteiger partial charge is 0.337 e. The number of nitrogens with one attached hydrogen (secondary N) is 7. The molecule has 0 atom stereocenters. The van der Waals surface area contributed by atoms with Crippen molar-refractivity contribution in [3.8, 4) is 46.0 Å². The monoisotopic (exact) mass is 1890 g/mol. The zero-order valence-electron chi connectivity index (χ0n) is 76.1. The number of nitro benzene ring substituents is 3. The van der Waals surface area contributed by atoms with Crippen molar-refractivity contribution in [1.29, 1.82) is 10.8 Å². The van der Waals surface area contributed by atoms with Gasteiger partial charge in [-0.1, -0.05) is 26.7 Å². The number of primary amides is 3. The molecule has 0 unspecified atom stereocenters. The van der Waals surface area contributed by atoms with Crippen molar-refractivity contribution in [3.63, 3.8) is 0 Å². The second-order valence-electron chi connectivity index (χ2n) is 29.8. The number of Topliss-reactive ketones (excluding diaryl/α,β-unsaturated/α-hetero) is 1. The maximum absolute atomic E-state index is 13.0. The number of methoxy groups -OCH3 is 1. The molecule has 0 aliphatic carbocycles.